The lowest BCUT2D eigenvalue weighted by molar-refractivity contribution is -0.120. The van der Waals surface area contributed by atoms with Crippen molar-refractivity contribution in [1.82, 2.24) is 10.2 Å². The van der Waals surface area contributed by atoms with E-state index in [-0.39, 0.29) is 28.9 Å². The van der Waals surface area contributed by atoms with Crippen LogP contribution in [0.5, 0.6) is 0 Å². The van der Waals surface area contributed by atoms with Crippen LogP contribution in [-0.2, 0) is 4.79 Å². The molecule has 2 amide bonds. The Morgan fingerprint density at radius 1 is 1.44 bits per heavy atom. The first kappa shape index (κ1) is 14.6. The molecule has 0 heterocycles. The van der Waals surface area contributed by atoms with E-state index < -0.39 is 11.7 Å². The van der Waals surface area contributed by atoms with E-state index in [9.17, 15) is 14.0 Å². The van der Waals surface area contributed by atoms with Crippen molar-refractivity contribution in [1.29, 1.82) is 0 Å². The summed E-state index contributed by atoms with van der Waals surface area (Å²) in [5.41, 5.74) is -0.0104. The predicted octanol–water partition coefficient (Wildman–Crippen LogP) is 1.80. The number of benzene rings is 1. The van der Waals surface area contributed by atoms with Crippen LogP contribution in [0.1, 0.15) is 16.8 Å². The van der Waals surface area contributed by atoms with Crippen molar-refractivity contribution >= 4 is 27.7 Å². The van der Waals surface area contributed by atoms with Gasteiger partial charge >= 0.3 is 0 Å². The van der Waals surface area contributed by atoms with Crippen LogP contribution in [0.3, 0.4) is 0 Å². The average molecular weight is 317 g/mol. The predicted molar refractivity (Wildman–Crippen MR) is 69.7 cm³/mol. The van der Waals surface area contributed by atoms with Gasteiger partial charge in [0.05, 0.1) is 10.0 Å². The second-order valence-electron chi connectivity index (χ2n) is 3.75. The minimum absolute atomic E-state index is 0.0104. The van der Waals surface area contributed by atoms with Crippen LogP contribution in [0.4, 0.5) is 4.39 Å². The van der Waals surface area contributed by atoms with Crippen molar-refractivity contribution in [3.05, 3.63) is 34.1 Å². The summed E-state index contributed by atoms with van der Waals surface area (Å²) in [7, 11) is 3.06. The molecule has 1 N–H and O–H groups in total. The van der Waals surface area contributed by atoms with Crippen LogP contribution in [-0.4, -0.2) is 37.4 Å². The molecule has 0 aliphatic carbocycles. The summed E-state index contributed by atoms with van der Waals surface area (Å²) in [5.74, 6) is -1.20. The van der Waals surface area contributed by atoms with Gasteiger partial charge in [-0.1, -0.05) is 6.07 Å². The molecule has 6 heteroatoms. The fraction of sp³-hybridized carbons (Fsp3) is 0.333. The number of hydrogen-bond donors (Lipinski definition) is 1. The molecule has 1 aromatic rings. The van der Waals surface area contributed by atoms with E-state index >= 15 is 0 Å². The maximum Gasteiger partial charge on any atom is 0.256 e. The average Bonchev–Trinajstić information content (AvgIpc) is 2.37. The molecule has 4 nitrogen and oxygen atoms in total. The van der Waals surface area contributed by atoms with Crippen LogP contribution in [0.25, 0.3) is 0 Å². The summed E-state index contributed by atoms with van der Waals surface area (Å²) in [6.45, 7) is 0.241. The molecule has 0 aliphatic rings. The Balaban J connectivity index is 2.74. The van der Waals surface area contributed by atoms with E-state index in [1.807, 2.05) is 0 Å². The largest absolute Gasteiger partial charge is 0.359 e. The van der Waals surface area contributed by atoms with Crippen molar-refractivity contribution in [3.8, 4) is 0 Å². The highest BCUT2D eigenvalue weighted by Gasteiger charge is 2.18. The van der Waals surface area contributed by atoms with Gasteiger partial charge in [0.2, 0.25) is 5.91 Å². The number of rotatable bonds is 4. The summed E-state index contributed by atoms with van der Waals surface area (Å²) < 4.78 is 13.9. The zero-order chi connectivity index (χ0) is 13.7. The van der Waals surface area contributed by atoms with Gasteiger partial charge in [0.15, 0.2) is 0 Å². The highest BCUT2D eigenvalue weighted by Crippen LogP contribution is 2.19. The SMILES string of the molecule is CNC(=O)CCN(C)C(=O)c1cccc(Br)c1F. The first-order chi connectivity index (χ1) is 8.47. The summed E-state index contributed by atoms with van der Waals surface area (Å²) in [4.78, 5) is 24.3. The Morgan fingerprint density at radius 2 is 2.11 bits per heavy atom. The molecule has 0 spiro atoms. The van der Waals surface area contributed by atoms with E-state index in [1.54, 1.807) is 6.07 Å². The van der Waals surface area contributed by atoms with Gasteiger partial charge in [-0.3, -0.25) is 9.59 Å². The maximum absolute atomic E-state index is 13.7. The number of hydrogen-bond acceptors (Lipinski definition) is 2. The molecule has 98 valence electrons. The van der Waals surface area contributed by atoms with Crippen molar-refractivity contribution < 1.29 is 14.0 Å². The highest BCUT2D eigenvalue weighted by atomic mass is 79.9. The van der Waals surface area contributed by atoms with Crippen LogP contribution >= 0.6 is 15.9 Å². The Labute approximate surface area is 113 Å². The standard InChI is InChI=1S/C12H14BrFN2O2/c1-15-10(17)6-7-16(2)12(18)8-4-3-5-9(13)11(8)14/h3-5H,6-7H2,1-2H3,(H,15,17). The molecule has 0 aliphatic heterocycles. The van der Waals surface area contributed by atoms with Gasteiger partial charge in [-0.2, -0.15) is 0 Å². The highest BCUT2D eigenvalue weighted by molar-refractivity contribution is 9.10. The molecule has 0 fully saturated rings. The van der Waals surface area contributed by atoms with E-state index in [1.165, 1.54) is 31.1 Å². The lowest BCUT2D eigenvalue weighted by atomic mass is 10.2. The topological polar surface area (TPSA) is 49.4 Å². The van der Waals surface area contributed by atoms with Gasteiger partial charge in [-0.25, -0.2) is 4.39 Å². The molecular formula is C12H14BrFN2O2. The van der Waals surface area contributed by atoms with Crippen LogP contribution in [0.15, 0.2) is 22.7 Å². The number of halogens is 2. The molecule has 0 bridgehead atoms. The second kappa shape index (κ2) is 6.49. The molecule has 0 unspecified atom stereocenters. The molecule has 0 radical (unpaired) electrons. The minimum atomic E-state index is -0.589. The number of nitrogens with one attached hydrogen (secondary N) is 1. The number of carbonyl (C=O) groups excluding carboxylic acids is 2. The van der Waals surface area contributed by atoms with Gasteiger partial charge < -0.3 is 10.2 Å². The van der Waals surface area contributed by atoms with Crippen LogP contribution in [0.2, 0.25) is 0 Å². The quantitative estimate of drug-likeness (QED) is 0.920. The molecule has 0 aromatic heterocycles. The third-order valence-electron chi connectivity index (χ3n) is 2.48. The molecule has 1 rings (SSSR count). The van der Waals surface area contributed by atoms with Crippen LogP contribution in [0, 0.1) is 5.82 Å². The fourth-order valence-electron chi connectivity index (χ4n) is 1.37. The second-order valence-corrected chi connectivity index (χ2v) is 4.61. The van der Waals surface area contributed by atoms with Crippen molar-refractivity contribution in [2.45, 2.75) is 6.42 Å². The van der Waals surface area contributed by atoms with Crippen molar-refractivity contribution in [3.63, 3.8) is 0 Å². The maximum atomic E-state index is 13.7. The third-order valence-corrected chi connectivity index (χ3v) is 3.09. The Morgan fingerprint density at radius 3 is 2.72 bits per heavy atom. The molecule has 1 aromatic carbocycles. The fourth-order valence-corrected chi connectivity index (χ4v) is 1.74. The Bertz CT molecular complexity index is 465. The molecular weight excluding hydrogens is 303 g/mol. The van der Waals surface area contributed by atoms with E-state index in [2.05, 4.69) is 21.2 Å². The Hall–Kier alpha value is -1.43. The normalized spacial score (nSPS) is 10.0. The Kier molecular flexibility index (Phi) is 5.27. The monoisotopic (exact) mass is 316 g/mol. The number of amides is 2. The van der Waals surface area contributed by atoms with Gasteiger partial charge in [-0.05, 0) is 28.1 Å². The van der Waals surface area contributed by atoms with Crippen molar-refractivity contribution in [2.75, 3.05) is 20.6 Å². The molecule has 18 heavy (non-hydrogen) atoms. The molecule has 0 atom stereocenters. The zero-order valence-electron chi connectivity index (χ0n) is 10.2. The van der Waals surface area contributed by atoms with E-state index in [4.69, 9.17) is 0 Å². The summed E-state index contributed by atoms with van der Waals surface area (Å²) in [5, 5.41) is 2.46. The first-order valence-corrected chi connectivity index (χ1v) is 6.16. The summed E-state index contributed by atoms with van der Waals surface area (Å²) >= 11 is 3.03. The van der Waals surface area contributed by atoms with Gasteiger partial charge in [0.1, 0.15) is 5.82 Å². The van der Waals surface area contributed by atoms with E-state index in [0.29, 0.717) is 0 Å². The van der Waals surface area contributed by atoms with Crippen LogP contribution < -0.4 is 5.32 Å². The number of nitrogens with zero attached hydrogens (tertiary/aromatic N) is 1. The minimum Gasteiger partial charge on any atom is -0.359 e. The molecule has 0 saturated heterocycles. The zero-order valence-corrected chi connectivity index (χ0v) is 11.8. The summed E-state index contributed by atoms with van der Waals surface area (Å²) in [6.07, 6.45) is 0.189. The summed E-state index contributed by atoms with van der Waals surface area (Å²) in [6, 6.07) is 4.53. The smallest absolute Gasteiger partial charge is 0.256 e. The third kappa shape index (κ3) is 3.53. The van der Waals surface area contributed by atoms with Gasteiger partial charge in [-0.15, -0.1) is 0 Å². The lowest BCUT2D eigenvalue weighted by Gasteiger charge is -2.17. The first-order valence-electron chi connectivity index (χ1n) is 5.37. The number of carbonyl (C=O) groups is 2. The molecule has 0 saturated carbocycles. The van der Waals surface area contributed by atoms with Gasteiger partial charge in [0.25, 0.3) is 5.91 Å². The van der Waals surface area contributed by atoms with Crippen molar-refractivity contribution in [2.24, 2.45) is 0 Å². The van der Waals surface area contributed by atoms with Gasteiger partial charge in [0, 0.05) is 27.1 Å². The lowest BCUT2D eigenvalue weighted by Crippen LogP contribution is -2.31. The van der Waals surface area contributed by atoms with E-state index in [0.717, 1.165) is 0 Å².